The van der Waals surface area contributed by atoms with Crippen molar-refractivity contribution in [3.05, 3.63) is 35.4 Å². The first kappa shape index (κ1) is 14.5. The van der Waals surface area contributed by atoms with Crippen molar-refractivity contribution in [2.24, 2.45) is 0 Å². The Morgan fingerprint density at radius 3 is 2.76 bits per heavy atom. The van der Waals surface area contributed by atoms with Crippen molar-refractivity contribution < 1.29 is 14.6 Å². The van der Waals surface area contributed by atoms with Gasteiger partial charge in [-0.25, -0.2) is 0 Å². The minimum Gasteiger partial charge on any atom is -0.481 e. The summed E-state index contributed by atoms with van der Waals surface area (Å²) in [6.07, 6.45) is 4.78. The molecule has 1 N–H and O–H groups in total. The molecule has 0 radical (unpaired) electrons. The number of likely N-dealkylation sites (tertiary alicyclic amines) is 1. The van der Waals surface area contributed by atoms with Crippen LogP contribution in [0.4, 0.5) is 0 Å². The number of ether oxygens (including phenoxy) is 1. The van der Waals surface area contributed by atoms with Crippen molar-refractivity contribution in [1.82, 2.24) is 4.90 Å². The van der Waals surface area contributed by atoms with E-state index in [2.05, 4.69) is 29.2 Å². The lowest BCUT2D eigenvalue weighted by Crippen LogP contribution is -2.39. The Kier molecular flexibility index (Phi) is 4.56. The van der Waals surface area contributed by atoms with Crippen LogP contribution < -0.4 is 0 Å². The first-order valence-corrected chi connectivity index (χ1v) is 7.89. The highest BCUT2D eigenvalue weighted by Gasteiger charge is 2.30. The zero-order valence-corrected chi connectivity index (χ0v) is 12.3. The monoisotopic (exact) mass is 289 g/mol. The topological polar surface area (TPSA) is 49.8 Å². The zero-order chi connectivity index (χ0) is 14.7. The van der Waals surface area contributed by atoms with Crippen LogP contribution in [0, 0.1) is 0 Å². The van der Waals surface area contributed by atoms with Crippen molar-refractivity contribution in [3.63, 3.8) is 0 Å². The fourth-order valence-electron chi connectivity index (χ4n) is 3.58. The van der Waals surface area contributed by atoms with Gasteiger partial charge in [-0.15, -0.1) is 0 Å². The number of carboxylic acid groups (broad SMARTS) is 1. The molecule has 3 rings (SSSR count). The van der Waals surface area contributed by atoms with Crippen LogP contribution in [0.3, 0.4) is 0 Å². The predicted molar refractivity (Wildman–Crippen MR) is 80.3 cm³/mol. The van der Waals surface area contributed by atoms with E-state index in [0.717, 1.165) is 25.9 Å². The van der Waals surface area contributed by atoms with Crippen molar-refractivity contribution in [2.45, 2.75) is 44.2 Å². The molecule has 114 valence electrons. The fraction of sp³-hybridized carbons (Fsp3) is 0.588. The van der Waals surface area contributed by atoms with E-state index in [-0.39, 0.29) is 12.5 Å². The smallest absolute Gasteiger partial charge is 0.305 e. The van der Waals surface area contributed by atoms with Crippen LogP contribution in [0.15, 0.2) is 24.3 Å². The second-order valence-electron chi connectivity index (χ2n) is 6.00. The summed E-state index contributed by atoms with van der Waals surface area (Å²) in [5.74, 6) is -0.782. The molecule has 1 aliphatic carbocycles. The first-order chi connectivity index (χ1) is 10.2. The van der Waals surface area contributed by atoms with Gasteiger partial charge in [-0.2, -0.15) is 0 Å². The molecule has 1 heterocycles. The minimum absolute atomic E-state index is 0.107. The average molecular weight is 289 g/mol. The van der Waals surface area contributed by atoms with E-state index in [1.165, 1.54) is 24.0 Å². The summed E-state index contributed by atoms with van der Waals surface area (Å²) in [6, 6.07) is 9.35. The zero-order valence-electron chi connectivity index (χ0n) is 12.3. The van der Waals surface area contributed by atoms with E-state index >= 15 is 0 Å². The molecular weight excluding hydrogens is 266 g/mol. The fourth-order valence-corrected chi connectivity index (χ4v) is 3.58. The molecule has 1 fully saturated rings. The Morgan fingerprint density at radius 1 is 1.24 bits per heavy atom. The van der Waals surface area contributed by atoms with Gasteiger partial charge in [0.05, 0.1) is 19.1 Å². The highest BCUT2D eigenvalue weighted by Crippen LogP contribution is 2.37. The molecule has 0 amide bonds. The van der Waals surface area contributed by atoms with E-state index in [9.17, 15) is 4.79 Å². The lowest BCUT2D eigenvalue weighted by molar-refractivity contribution is -0.138. The van der Waals surface area contributed by atoms with Gasteiger partial charge in [0.15, 0.2) is 0 Å². The van der Waals surface area contributed by atoms with E-state index in [4.69, 9.17) is 9.84 Å². The number of fused-ring (bicyclic) bond motifs is 1. The lowest BCUT2D eigenvalue weighted by Gasteiger charge is -2.36. The van der Waals surface area contributed by atoms with Crippen LogP contribution in [-0.2, 0) is 16.0 Å². The van der Waals surface area contributed by atoms with Crippen LogP contribution in [0.2, 0.25) is 0 Å². The van der Waals surface area contributed by atoms with Gasteiger partial charge in [0.25, 0.3) is 0 Å². The largest absolute Gasteiger partial charge is 0.481 e. The number of nitrogens with zero attached hydrogens (tertiary/aromatic N) is 1. The Morgan fingerprint density at radius 2 is 2.00 bits per heavy atom. The molecule has 1 saturated heterocycles. The summed E-state index contributed by atoms with van der Waals surface area (Å²) < 4.78 is 5.67. The summed E-state index contributed by atoms with van der Waals surface area (Å²) in [7, 11) is 0. The Bertz CT molecular complexity index is 495. The van der Waals surface area contributed by atoms with Crippen LogP contribution in [0.25, 0.3) is 0 Å². The highest BCUT2D eigenvalue weighted by atomic mass is 16.5. The number of hydrogen-bond acceptors (Lipinski definition) is 3. The highest BCUT2D eigenvalue weighted by molar-refractivity contribution is 5.66. The lowest BCUT2D eigenvalue weighted by atomic mass is 10.0. The third-order valence-corrected chi connectivity index (χ3v) is 4.69. The standard InChI is InChI=1S/C17H23NO3/c19-17(20)9-12-21-14-7-10-18(11-8-14)16-6-5-13-3-1-2-4-15(13)16/h1-4,14,16H,5-12H2,(H,19,20). The second kappa shape index (κ2) is 6.58. The van der Waals surface area contributed by atoms with Gasteiger partial charge >= 0.3 is 5.97 Å². The molecule has 1 atom stereocenters. The predicted octanol–water partition coefficient (Wildman–Crippen LogP) is 2.63. The number of carbonyl (C=O) groups is 1. The van der Waals surface area contributed by atoms with Crippen LogP contribution >= 0.6 is 0 Å². The Balaban J connectivity index is 1.49. The molecule has 1 aliphatic heterocycles. The third kappa shape index (κ3) is 3.44. The van der Waals surface area contributed by atoms with Crippen LogP contribution in [0.1, 0.15) is 42.9 Å². The van der Waals surface area contributed by atoms with Gasteiger partial charge in [-0.05, 0) is 36.8 Å². The normalized spacial score (nSPS) is 23.1. The number of hydrogen-bond donors (Lipinski definition) is 1. The molecule has 0 aromatic heterocycles. The molecule has 21 heavy (non-hydrogen) atoms. The number of rotatable bonds is 5. The number of aliphatic carboxylic acids is 1. The molecule has 1 aromatic rings. The maximum absolute atomic E-state index is 10.5. The van der Waals surface area contributed by atoms with Gasteiger partial charge in [-0.3, -0.25) is 9.69 Å². The minimum atomic E-state index is -0.782. The van der Waals surface area contributed by atoms with Crippen LogP contribution in [0.5, 0.6) is 0 Å². The summed E-state index contributed by atoms with van der Waals surface area (Å²) >= 11 is 0. The van der Waals surface area contributed by atoms with Gasteiger partial charge in [0.1, 0.15) is 0 Å². The second-order valence-corrected chi connectivity index (χ2v) is 6.00. The molecule has 4 nitrogen and oxygen atoms in total. The molecule has 1 aromatic carbocycles. The SMILES string of the molecule is O=C(O)CCOC1CCN(C2CCc3ccccc32)CC1. The van der Waals surface area contributed by atoms with E-state index in [0.29, 0.717) is 12.6 Å². The maximum Gasteiger partial charge on any atom is 0.305 e. The van der Waals surface area contributed by atoms with Crippen molar-refractivity contribution in [2.75, 3.05) is 19.7 Å². The van der Waals surface area contributed by atoms with Gasteiger partial charge in [0, 0.05) is 19.1 Å². The number of carboxylic acids is 1. The summed E-state index contributed by atoms with van der Waals surface area (Å²) in [6.45, 7) is 2.44. The van der Waals surface area contributed by atoms with Crippen molar-refractivity contribution in [3.8, 4) is 0 Å². The first-order valence-electron chi connectivity index (χ1n) is 7.89. The van der Waals surface area contributed by atoms with Gasteiger partial charge in [-0.1, -0.05) is 24.3 Å². The molecular formula is C17H23NO3. The van der Waals surface area contributed by atoms with E-state index in [1.807, 2.05) is 0 Å². The molecule has 0 spiro atoms. The molecule has 0 saturated carbocycles. The average Bonchev–Trinajstić information content (AvgIpc) is 2.92. The summed E-state index contributed by atoms with van der Waals surface area (Å²) in [5, 5.41) is 8.63. The van der Waals surface area contributed by atoms with E-state index in [1.54, 1.807) is 0 Å². The van der Waals surface area contributed by atoms with E-state index < -0.39 is 5.97 Å². The molecule has 0 bridgehead atoms. The number of aryl methyl sites for hydroxylation is 1. The summed E-state index contributed by atoms with van der Waals surface area (Å²) in [5.41, 5.74) is 3.00. The molecule has 4 heteroatoms. The Labute approximate surface area is 125 Å². The number of benzene rings is 1. The quantitative estimate of drug-likeness (QED) is 0.905. The number of piperidine rings is 1. The Hall–Kier alpha value is -1.39. The molecule has 2 aliphatic rings. The van der Waals surface area contributed by atoms with Crippen molar-refractivity contribution >= 4 is 5.97 Å². The van der Waals surface area contributed by atoms with Gasteiger partial charge < -0.3 is 9.84 Å². The van der Waals surface area contributed by atoms with Crippen molar-refractivity contribution in [1.29, 1.82) is 0 Å². The van der Waals surface area contributed by atoms with Crippen LogP contribution in [-0.4, -0.2) is 41.8 Å². The molecule has 1 unspecified atom stereocenters. The third-order valence-electron chi connectivity index (χ3n) is 4.69. The maximum atomic E-state index is 10.5. The summed E-state index contributed by atoms with van der Waals surface area (Å²) in [4.78, 5) is 13.1. The van der Waals surface area contributed by atoms with Gasteiger partial charge in [0.2, 0.25) is 0 Å².